The third kappa shape index (κ3) is 7.27. The van der Waals surface area contributed by atoms with Gasteiger partial charge in [0.05, 0.1) is 6.54 Å². The molecule has 0 aliphatic rings. The van der Waals surface area contributed by atoms with Crippen molar-refractivity contribution in [3.63, 3.8) is 0 Å². The van der Waals surface area contributed by atoms with E-state index in [4.69, 9.17) is 10.5 Å². The van der Waals surface area contributed by atoms with Gasteiger partial charge in [0.25, 0.3) is 0 Å². The summed E-state index contributed by atoms with van der Waals surface area (Å²) >= 11 is 0. The van der Waals surface area contributed by atoms with Crippen molar-refractivity contribution in [3.05, 3.63) is 59.4 Å². The fourth-order valence-electron chi connectivity index (χ4n) is 1.99. The van der Waals surface area contributed by atoms with E-state index in [1.807, 2.05) is 32.0 Å². The van der Waals surface area contributed by atoms with E-state index in [0.29, 0.717) is 5.75 Å². The van der Waals surface area contributed by atoms with Crippen LogP contribution in [0, 0.1) is 19.7 Å². The van der Waals surface area contributed by atoms with Gasteiger partial charge in [-0.05, 0) is 61.4 Å². The van der Waals surface area contributed by atoms with E-state index < -0.39 is 6.10 Å². The highest BCUT2D eigenvalue weighted by atomic mass is 127. The molecule has 0 heterocycles. The van der Waals surface area contributed by atoms with Crippen LogP contribution in [0.4, 0.5) is 10.1 Å². The molecule has 0 fully saturated rings. The zero-order valence-corrected chi connectivity index (χ0v) is 16.5. The van der Waals surface area contributed by atoms with Crippen molar-refractivity contribution in [2.24, 2.45) is 10.7 Å². The van der Waals surface area contributed by atoms with Crippen molar-refractivity contribution in [2.75, 3.05) is 18.5 Å². The number of nitrogens with two attached hydrogens (primary N) is 1. The van der Waals surface area contributed by atoms with Crippen LogP contribution in [0.15, 0.2) is 47.5 Å². The van der Waals surface area contributed by atoms with Crippen LogP contribution in [0.3, 0.4) is 0 Å². The van der Waals surface area contributed by atoms with Crippen LogP contribution >= 0.6 is 24.0 Å². The fourth-order valence-corrected chi connectivity index (χ4v) is 1.99. The van der Waals surface area contributed by atoms with E-state index in [9.17, 15) is 9.50 Å². The third-order valence-electron chi connectivity index (χ3n) is 3.51. The van der Waals surface area contributed by atoms with Crippen molar-refractivity contribution in [1.82, 2.24) is 0 Å². The average molecular weight is 459 g/mol. The zero-order chi connectivity index (χ0) is 17.5. The molecule has 0 aromatic heterocycles. The summed E-state index contributed by atoms with van der Waals surface area (Å²) in [5, 5.41) is 12.9. The second-order valence-electron chi connectivity index (χ2n) is 5.57. The summed E-state index contributed by atoms with van der Waals surface area (Å²) in [6.07, 6.45) is -0.810. The minimum absolute atomic E-state index is 0. The second-order valence-corrected chi connectivity index (χ2v) is 5.57. The first-order valence-electron chi connectivity index (χ1n) is 7.64. The van der Waals surface area contributed by atoms with Crippen LogP contribution in [-0.2, 0) is 0 Å². The van der Waals surface area contributed by atoms with E-state index in [1.54, 1.807) is 0 Å². The molecule has 0 spiro atoms. The molecule has 25 heavy (non-hydrogen) atoms. The Labute approximate surface area is 164 Å². The van der Waals surface area contributed by atoms with Crippen molar-refractivity contribution in [1.29, 1.82) is 0 Å². The van der Waals surface area contributed by atoms with Crippen LogP contribution < -0.4 is 15.8 Å². The summed E-state index contributed by atoms with van der Waals surface area (Å²) in [6, 6.07) is 11.5. The maximum atomic E-state index is 12.8. The summed E-state index contributed by atoms with van der Waals surface area (Å²) in [6.45, 7) is 4.20. The molecule has 1 unspecified atom stereocenters. The molecule has 2 aromatic carbocycles. The number of benzene rings is 2. The van der Waals surface area contributed by atoms with Gasteiger partial charge in [0.15, 0.2) is 5.96 Å². The number of aliphatic imine (C=N–C) groups is 1. The van der Waals surface area contributed by atoms with Crippen LogP contribution in [-0.4, -0.2) is 30.3 Å². The molecule has 5 nitrogen and oxygen atoms in total. The number of nitrogens with one attached hydrogen (secondary N) is 1. The van der Waals surface area contributed by atoms with E-state index >= 15 is 0 Å². The normalized spacial score (nSPS) is 12.2. The molecule has 2 rings (SSSR count). The van der Waals surface area contributed by atoms with Crippen LogP contribution in [0.25, 0.3) is 0 Å². The van der Waals surface area contributed by atoms with Gasteiger partial charge >= 0.3 is 0 Å². The van der Waals surface area contributed by atoms with Crippen LogP contribution in [0.5, 0.6) is 5.75 Å². The SMILES string of the molecule is Cc1ccc(NC(N)=NCC(O)COc2ccc(F)cc2)cc1C.I. The van der Waals surface area contributed by atoms with Gasteiger partial charge in [0, 0.05) is 5.69 Å². The number of nitrogens with zero attached hydrogens (tertiary/aromatic N) is 1. The first-order valence-corrected chi connectivity index (χ1v) is 7.64. The van der Waals surface area contributed by atoms with Crippen molar-refractivity contribution in [2.45, 2.75) is 20.0 Å². The molecule has 0 saturated heterocycles. The Bertz CT molecular complexity index is 708. The van der Waals surface area contributed by atoms with Gasteiger partial charge in [-0.3, -0.25) is 4.99 Å². The van der Waals surface area contributed by atoms with E-state index in [0.717, 1.165) is 11.3 Å². The zero-order valence-electron chi connectivity index (χ0n) is 14.2. The summed E-state index contributed by atoms with van der Waals surface area (Å²) < 4.78 is 18.1. The first-order chi connectivity index (χ1) is 11.4. The largest absolute Gasteiger partial charge is 0.491 e. The number of hydrogen-bond donors (Lipinski definition) is 3. The molecular weight excluding hydrogens is 436 g/mol. The second kappa shape index (κ2) is 10.2. The molecule has 0 bridgehead atoms. The van der Waals surface area contributed by atoms with Gasteiger partial charge < -0.3 is 20.9 Å². The Balaban J connectivity index is 0.00000312. The van der Waals surface area contributed by atoms with Gasteiger partial charge in [0.2, 0.25) is 0 Å². The highest BCUT2D eigenvalue weighted by Crippen LogP contribution is 2.14. The Kier molecular flexibility index (Phi) is 8.64. The number of guanidine groups is 1. The van der Waals surface area contributed by atoms with Gasteiger partial charge in [-0.1, -0.05) is 6.07 Å². The van der Waals surface area contributed by atoms with Crippen LogP contribution in [0.1, 0.15) is 11.1 Å². The quantitative estimate of drug-likeness (QED) is 0.352. The number of ether oxygens (including phenoxy) is 1. The molecule has 4 N–H and O–H groups in total. The predicted molar refractivity (Wildman–Crippen MR) is 109 cm³/mol. The van der Waals surface area contributed by atoms with Crippen LogP contribution in [0.2, 0.25) is 0 Å². The lowest BCUT2D eigenvalue weighted by Gasteiger charge is -2.12. The van der Waals surface area contributed by atoms with Gasteiger partial charge in [0.1, 0.15) is 24.3 Å². The van der Waals surface area contributed by atoms with Gasteiger partial charge in [-0.2, -0.15) is 0 Å². The molecule has 0 saturated carbocycles. The fraction of sp³-hybridized carbons (Fsp3) is 0.278. The summed E-state index contributed by atoms with van der Waals surface area (Å²) in [4.78, 5) is 4.09. The molecule has 0 aliphatic carbocycles. The lowest BCUT2D eigenvalue weighted by Crippen LogP contribution is -2.27. The van der Waals surface area contributed by atoms with E-state index in [1.165, 1.54) is 29.8 Å². The molecule has 136 valence electrons. The van der Waals surface area contributed by atoms with Crippen molar-refractivity contribution in [3.8, 4) is 5.75 Å². The standard InChI is InChI=1S/C18H22FN3O2.HI/c1-12-3-6-15(9-13(12)2)22-18(20)21-10-16(23)11-24-17-7-4-14(19)5-8-17;/h3-9,16,23H,10-11H2,1-2H3,(H3,20,21,22);1H. The summed E-state index contributed by atoms with van der Waals surface area (Å²) in [7, 11) is 0. The molecule has 7 heteroatoms. The number of rotatable bonds is 6. The monoisotopic (exact) mass is 459 g/mol. The molecule has 0 amide bonds. The highest BCUT2D eigenvalue weighted by Gasteiger charge is 2.05. The number of aliphatic hydroxyl groups excluding tert-OH is 1. The topological polar surface area (TPSA) is 79.9 Å². The first kappa shape index (κ1) is 21.2. The van der Waals surface area contributed by atoms with Crippen molar-refractivity contribution >= 4 is 35.6 Å². The van der Waals surface area contributed by atoms with E-state index in [2.05, 4.69) is 10.3 Å². The Morgan fingerprint density at radius 3 is 2.52 bits per heavy atom. The lowest BCUT2D eigenvalue weighted by molar-refractivity contribution is 0.114. The minimum Gasteiger partial charge on any atom is -0.491 e. The number of hydrogen-bond acceptors (Lipinski definition) is 3. The average Bonchev–Trinajstić information content (AvgIpc) is 2.56. The number of anilines is 1. The lowest BCUT2D eigenvalue weighted by atomic mass is 10.1. The molecule has 0 radical (unpaired) electrons. The minimum atomic E-state index is -0.810. The maximum Gasteiger partial charge on any atom is 0.193 e. The maximum absolute atomic E-state index is 12.8. The molecular formula is C18H23FIN3O2. The molecule has 2 aromatic rings. The highest BCUT2D eigenvalue weighted by molar-refractivity contribution is 14.0. The van der Waals surface area contributed by atoms with Gasteiger partial charge in [-0.15, -0.1) is 24.0 Å². The number of aryl methyl sites for hydroxylation is 2. The molecule has 0 aliphatic heterocycles. The number of aliphatic hydroxyl groups is 1. The van der Waals surface area contributed by atoms with Crippen molar-refractivity contribution < 1.29 is 14.2 Å². The Morgan fingerprint density at radius 1 is 1.20 bits per heavy atom. The predicted octanol–water partition coefficient (Wildman–Crippen LogP) is 3.23. The smallest absolute Gasteiger partial charge is 0.193 e. The van der Waals surface area contributed by atoms with E-state index in [-0.39, 0.29) is 48.9 Å². The summed E-state index contributed by atoms with van der Waals surface area (Å²) in [5.74, 6) is 0.373. The van der Waals surface area contributed by atoms with Gasteiger partial charge in [-0.25, -0.2) is 4.39 Å². The Hall–Kier alpha value is -1.87. The number of halogens is 2. The summed E-state index contributed by atoms with van der Waals surface area (Å²) in [5.41, 5.74) is 9.01. The third-order valence-corrected chi connectivity index (χ3v) is 3.51. The Morgan fingerprint density at radius 2 is 1.88 bits per heavy atom. The molecule has 1 atom stereocenters.